The van der Waals surface area contributed by atoms with Crippen LogP contribution in [0, 0.1) is 6.92 Å². The molecule has 0 atom stereocenters. The number of benzene rings is 1. The third-order valence-electron chi connectivity index (χ3n) is 2.91. The fourth-order valence-electron chi connectivity index (χ4n) is 1.90. The molecule has 2 rings (SSSR count). The lowest BCUT2D eigenvalue weighted by molar-refractivity contribution is 0.388. The molecule has 1 aromatic carbocycles. The fraction of sp³-hybridized carbons (Fsp3) is 0.333. The smallest absolute Gasteiger partial charge is 0.227 e. The minimum atomic E-state index is 0.123. The number of methoxy groups -OCH3 is 1. The van der Waals surface area contributed by atoms with Crippen molar-refractivity contribution in [2.24, 2.45) is 0 Å². The van der Waals surface area contributed by atoms with Crippen molar-refractivity contribution in [1.29, 1.82) is 0 Å². The van der Waals surface area contributed by atoms with Crippen LogP contribution in [0.5, 0.6) is 17.5 Å². The van der Waals surface area contributed by atoms with Crippen molar-refractivity contribution >= 4 is 5.95 Å². The van der Waals surface area contributed by atoms with E-state index >= 15 is 0 Å². The summed E-state index contributed by atoms with van der Waals surface area (Å²) in [6, 6.07) is 7.73. The molecule has 0 bridgehead atoms. The molecule has 0 aliphatic carbocycles. The maximum absolute atomic E-state index is 5.86. The van der Waals surface area contributed by atoms with Crippen LogP contribution in [-0.4, -0.2) is 17.1 Å². The molecular weight excluding hydrogens is 254 g/mol. The SMILES string of the molecule is COc1cc(Oc2cc(C)ccc2C(C)C)nc(N)n1. The zero-order valence-electron chi connectivity index (χ0n) is 12.2. The zero-order chi connectivity index (χ0) is 14.7. The van der Waals surface area contributed by atoms with Crippen molar-refractivity contribution < 1.29 is 9.47 Å². The van der Waals surface area contributed by atoms with Crippen LogP contribution in [0.25, 0.3) is 0 Å². The minimum absolute atomic E-state index is 0.123. The second-order valence-corrected chi connectivity index (χ2v) is 4.90. The van der Waals surface area contributed by atoms with Gasteiger partial charge in [0.1, 0.15) is 5.75 Å². The van der Waals surface area contributed by atoms with E-state index in [4.69, 9.17) is 15.2 Å². The number of aryl methyl sites for hydroxylation is 1. The van der Waals surface area contributed by atoms with E-state index in [9.17, 15) is 0 Å². The lowest BCUT2D eigenvalue weighted by Gasteiger charge is -2.14. The van der Waals surface area contributed by atoms with Gasteiger partial charge in [-0.25, -0.2) is 0 Å². The molecule has 5 nitrogen and oxygen atoms in total. The normalized spacial score (nSPS) is 10.7. The molecule has 20 heavy (non-hydrogen) atoms. The standard InChI is InChI=1S/C15H19N3O2/c1-9(2)11-6-5-10(3)7-12(11)20-14-8-13(19-4)17-15(16)18-14/h5-9H,1-4H3,(H2,16,17,18). The van der Waals surface area contributed by atoms with Crippen molar-refractivity contribution in [2.45, 2.75) is 26.7 Å². The number of hydrogen-bond donors (Lipinski definition) is 1. The number of rotatable bonds is 4. The molecule has 0 aliphatic rings. The first kappa shape index (κ1) is 14.1. The largest absolute Gasteiger partial charge is 0.481 e. The minimum Gasteiger partial charge on any atom is -0.481 e. The Morgan fingerprint density at radius 3 is 2.45 bits per heavy atom. The highest BCUT2D eigenvalue weighted by atomic mass is 16.5. The third kappa shape index (κ3) is 3.17. The van der Waals surface area contributed by atoms with Gasteiger partial charge in [-0.1, -0.05) is 26.0 Å². The van der Waals surface area contributed by atoms with E-state index in [0.717, 1.165) is 16.9 Å². The maximum atomic E-state index is 5.86. The van der Waals surface area contributed by atoms with Crippen molar-refractivity contribution in [3.8, 4) is 17.5 Å². The molecule has 1 aromatic heterocycles. The van der Waals surface area contributed by atoms with E-state index in [-0.39, 0.29) is 5.95 Å². The molecule has 0 saturated heterocycles. The molecule has 2 N–H and O–H groups in total. The summed E-state index contributed by atoms with van der Waals surface area (Å²) in [7, 11) is 1.53. The summed E-state index contributed by atoms with van der Waals surface area (Å²) in [5.41, 5.74) is 7.88. The predicted octanol–water partition coefficient (Wildman–Crippen LogP) is 3.29. The molecule has 0 spiro atoms. The average molecular weight is 273 g/mol. The van der Waals surface area contributed by atoms with E-state index in [1.807, 2.05) is 13.0 Å². The number of nitrogens with zero attached hydrogens (tertiary/aromatic N) is 2. The van der Waals surface area contributed by atoms with E-state index in [0.29, 0.717) is 17.7 Å². The summed E-state index contributed by atoms with van der Waals surface area (Å²) in [5.74, 6) is 2.01. The first-order chi connectivity index (χ1) is 9.49. The molecule has 1 heterocycles. The van der Waals surface area contributed by atoms with E-state index < -0.39 is 0 Å². The second kappa shape index (κ2) is 5.77. The molecule has 0 aliphatic heterocycles. The molecule has 5 heteroatoms. The number of aromatic nitrogens is 2. The molecule has 0 unspecified atom stereocenters. The monoisotopic (exact) mass is 273 g/mol. The van der Waals surface area contributed by atoms with Gasteiger partial charge < -0.3 is 15.2 Å². The number of anilines is 1. The van der Waals surface area contributed by atoms with Crippen LogP contribution < -0.4 is 15.2 Å². The predicted molar refractivity (Wildman–Crippen MR) is 78.3 cm³/mol. The number of nitrogen functional groups attached to an aromatic ring is 1. The van der Waals surface area contributed by atoms with Gasteiger partial charge in [0.2, 0.25) is 17.7 Å². The summed E-state index contributed by atoms with van der Waals surface area (Å²) in [5, 5.41) is 0. The van der Waals surface area contributed by atoms with Crippen LogP contribution in [-0.2, 0) is 0 Å². The summed E-state index contributed by atoms with van der Waals surface area (Å²) < 4.78 is 10.9. The summed E-state index contributed by atoms with van der Waals surface area (Å²) in [4.78, 5) is 8.01. The van der Waals surface area contributed by atoms with E-state index in [1.165, 1.54) is 7.11 Å². The Morgan fingerprint density at radius 2 is 1.80 bits per heavy atom. The van der Waals surface area contributed by atoms with Crippen LogP contribution in [0.1, 0.15) is 30.9 Å². The molecular formula is C15H19N3O2. The van der Waals surface area contributed by atoms with Crippen LogP contribution in [0.2, 0.25) is 0 Å². The van der Waals surface area contributed by atoms with E-state index in [1.54, 1.807) is 6.07 Å². The topological polar surface area (TPSA) is 70.3 Å². The maximum Gasteiger partial charge on any atom is 0.227 e. The number of hydrogen-bond acceptors (Lipinski definition) is 5. The van der Waals surface area contributed by atoms with Crippen LogP contribution in [0.15, 0.2) is 24.3 Å². The van der Waals surface area contributed by atoms with Gasteiger partial charge in [0.15, 0.2) is 0 Å². The summed E-state index contributed by atoms with van der Waals surface area (Å²) in [6.07, 6.45) is 0. The lowest BCUT2D eigenvalue weighted by atomic mass is 10.0. The quantitative estimate of drug-likeness (QED) is 0.925. The van der Waals surface area contributed by atoms with Crippen molar-refractivity contribution in [3.05, 3.63) is 35.4 Å². The fourth-order valence-corrected chi connectivity index (χ4v) is 1.90. The van der Waals surface area contributed by atoms with Crippen LogP contribution in [0.3, 0.4) is 0 Å². The Balaban J connectivity index is 2.38. The third-order valence-corrected chi connectivity index (χ3v) is 2.91. The highest BCUT2D eigenvalue weighted by Gasteiger charge is 2.11. The van der Waals surface area contributed by atoms with E-state index in [2.05, 4.69) is 35.9 Å². The molecule has 0 fully saturated rings. The Hall–Kier alpha value is -2.30. The van der Waals surface area contributed by atoms with Gasteiger partial charge in [0.05, 0.1) is 13.2 Å². The number of ether oxygens (including phenoxy) is 2. The van der Waals surface area contributed by atoms with Gasteiger partial charge in [-0.3, -0.25) is 0 Å². The first-order valence-corrected chi connectivity index (χ1v) is 6.46. The Labute approximate surface area is 118 Å². The van der Waals surface area contributed by atoms with Crippen LogP contribution in [0.4, 0.5) is 5.95 Å². The van der Waals surface area contributed by atoms with Gasteiger partial charge in [0, 0.05) is 0 Å². The summed E-state index contributed by atoms with van der Waals surface area (Å²) in [6.45, 7) is 6.25. The van der Waals surface area contributed by atoms with Gasteiger partial charge in [-0.05, 0) is 30.0 Å². The molecule has 106 valence electrons. The molecule has 2 aromatic rings. The van der Waals surface area contributed by atoms with Gasteiger partial charge in [-0.2, -0.15) is 9.97 Å². The summed E-state index contributed by atoms with van der Waals surface area (Å²) >= 11 is 0. The van der Waals surface area contributed by atoms with Gasteiger partial charge in [-0.15, -0.1) is 0 Å². The van der Waals surface area contributed by atoms with Crippen molar-refractivity contribution in [2.75, 3.05) is 12.8 Å². The second-order valence-electron chi connectivity index (χ2n) is 4.90. The van der Waals surface area contributed by atoms with Crippen molar-refractivity contribution in [3.63, 3.8) is 0 Å². The molecule has 0 amide bonds. The zero-order valence-corrected chi connectivity index (χ0v) is 12.2. The Morgan fingerprint density at radius 1 is 1.10 bits per heavy atom. The highest BCUT2D eigenvalue weighted by molar-refractivity contribution is 5.42. The van der Waals surface area contributed by atoms with Crippen molar-refractivity contribution in [1.82, 2.24) is 9.97 Å². The van der Waals surface area contributed by atoms with Crippen LogP contribution >= 0.6 is 0 Å². The first-order valence-electron chi connectivity index (χ1n) is 6.46. The Kier molecular flexibility index (Phi) is 4.08. The average Bonchev–Trinajstić information content (AvgIpc) is 2.37. The molecule has 0 saturated carbocycles. The van der Waals surface area contributed by atoms with Gasteiger partial charge in [0.25, 0.3) is 0 Å². The Bertz CT molecular complexity index is 612. The van der Waals surface area contributed by atoms with Gasteiger partial charge >= 0.3 is 0 Å². The molecule has 0 radical (unpaired) electrons. The number of nitrogens with two attached hydrogens (primary N) is 1. The lowest BCUT2D eigenvalue weighted by Crippen LogP contribution is -2.01. The highest BCUT2D eigenvalue weighted by Crippen LogP contribution is 2.31.